The SMILES string of the molecule is O=C(Cc1nc(CCl)cs1)Nc1ncc(Br)s1. The summed E-state index contributed by atoms with van der Waals surface area (Å²) >= 11 is 11.7. The average molecular weight is 353 g/mol. The summed E-state index contributed by atoms with van der Waals surface area (Å²) in [5.41, 5.74) is 0.802. The Hall–Kier alpha value is -0.500. The molecular weight excluding hydrogens is 346 g/mol. The summed E-state index contributed by atoms with van der Waals surface area (Å²) in [6.07, 6.45) is 1.90. The monoisotopic (exact) mass is 351 g/mol. The molecule has 2 heterocycles. The minimum absolute atomic E-state index is 0.123. The van der Waals surface area contributed by atoms with Crippen LogP contribution in [0.4, 0.5) is 5.13 Å². The fourth-order valence-corrected chi connectivity index (χ4v) is 3.25. The molecule has 0 spiro atoms. The van der Waals surface area contributed by atoms with Crippen LogP contribution in [0.3, 0.4) is 0 Å². The van der Waals surface area contributed by atoms with Crippen molar-refractivity contribution in [2.75, 3.05) is 5.32 Å². The number of halogens is 2. The second kappa shape index (κ2) is 5.90. The van der Waals surface area contributed by atoms with Gasteiger partial charge in [-0.05, 0) is 15.9 Å². The predicted octanol–water partition coefficient (Wildman–Crippen LogP) is 3.28. The number of amides is 1. The fourth-order valence-electron chi connectivity index (χ4n) is 1.10. The Kier molecular flexibility index (Phi) is 4.49. The van der Waals surface area contributed by atoms with E-state index in [1.807, 2.05) is 5.38 Å². The van der Waals surface area contributed by atoms with E-state index in [1.54, 1.807) is 6.20 Å². The molecule has 0 unspecified atom stereocenters. The quantitative estimate of drug-likeness (QED) is 0.859. The molecule has 17 heavy (non-hydrogen) atoms. The summed E-state index contributed by atoms with van der Waals surface area (Å²) in [6.45, 7) is 0. The smallest absolute Gasteiger partial charge is 0.233 e. The van der Waals surface area contributed by atoms with Gasteiger partial charge < -0.3 is 5.32 Å². The van der Waals surface area contributed by atoms with Crippen molar-refractivity contribution in [3.63, 3.8) is 0 Å². The average Bonchev–Trinajstić information content (AvgIpc) is 2.88. The van der Waals surface area contributed by atoms with Crippen molar-refractivity contribution in [2.24, 2.45) is 0 Å². The Balaban J connectivity index is 1.93. The zero-order chi connectivity index (χ0) is 12.3. The molecule has 2 aromatic heterocycles. The molecule has 2 aromatic rings. The van der Waals surface area contributed by atoms with Gasteiger partial charge in [0.25, 0.3) is 0 Å². The molecule has 90 valence electrons. The van der Waals surface area contributed by atoms with E-state index in [9.17, 15) is 4.79 Å². The van der Waals surface area contributed by atoms with Crippen molar-refractivity contribution in [1.82, 2.24) is 9.97 Å². The van der Waals surface area contributed by atoms with Gasteiger partial charge in [-0.1, -0.05) is 11.3 Å². The molecule has 1 amide bonds. The largest absolute Gasteiger partial charge is 0.302 e. The fraction of sp³-hybridized carbons (Fsp3) is 0.222. The van der Waals surface area contributed by atoms with E-state index >= 15 is 0 Å². The van der Waals surface area contributed by atoms with E-state index in [0.717, 1.165) is 14.5 Å². The van der Waals surface area contributed by atoms with E-state index in [-0.39, 0.29) is 12.3 Å². The van der Waals surface area contributed by atoms with Gasteiger partial charge in [0.05, 0.1) is 28.0 Å². The number of carbonyl (C=O) groups excluding carboxylic acids is 1. The van der Waals surface area contributed by atoms with E-state index in [2.05, 4.69) is 31.2 Å². The van der Waals surface area contributed by atoms with Crippen molar-refractivity contribution in [3.05, 3.63) is 26.1 Å². The molecule has 4 nitrogen and oxygen atoms in total. The minimum atomic E-state index is -0.123. The van der Waals surface area contributed by atoms with E-state index in [0.29, 0.717) is 11.0 Å². The first-order chi connectivity index (χ1) is 8.17. The highest BCUT2D eigenvalue weighted by Gasteiger charge is 2.09. The van der Waals surface area contributed by atoms with Crippen LogP contribution in [0.1, 0.15) is 10.7 Å². The molecule has 0 saturated heterocycles. The molecule has 8 heteroatoms. The normalized spacial score (nSPS) is 10.5. The predicted molar refractivity (Wildman–Crippen MR) is 73.8 cm³/mol. The first-order valence-corrected chi connectivity index (χ1v) is 7.60. The summed E-state index contributed by atoms with van der Waals surface area (Å²) in [6, 6.07) is 0. The Labute approximate surface area is 119 Å². The summed E-state index contributed by atoms with van der Waals surface area (Å²) in [5, 5.41) is 5.91. The Morgan fingerprint density at radius 2 is 2.41 bits per heavy atom. The van der Waals surface area contributed by atoms with E-state index < -0.39 is 0 Å². The molecular formula is C9H7BrClN3OS2. The van der Waals surface area contributed by atoms with Gasteiger partial charge in [0, 0.05) is 5.38 Å². The summed E-state index contributed by atoms with van der Waals surface area (Å²) in [5.74, 6) is 0.250. The van der Waals surface area contributed by atoms with Crippen LogP contribution in [-0.2, 0) is 17.1 Å². The number of nitrogens with one attached hydrogen (secondary N) is 1. The number of carbonyl (C=O) groups is 1. The second-order valence-electron chi connectivity index (χ2n) is 3.06. The van der Waals surface area contributed by atoms with Crippen LogP contribution in [0.5, 0.6) is 0 Å². The van der Waals surface area contributed by atoms with E-state index in [1.165, 1.54) is 22.7 Å². The maximum atomic E-state index is 11.7. The highest BCUT2D eigenvalue weighted by Crippen LogP contribution is 2.23. The van der Waals surface area contributed by atoms with Crippen LogP contribution < -0.4 is 5.32 Å². The number of rotatable bonds is 4. The molecule has 0 aliphatic carbocycles. The van der Waals surface area contributed by atoms with Gasteiger partial charge in [-0.25, -0.2) is 9.97 Å². The van der Waals surface area contributed by atoms with Crippen LogP contribution in [-0.4, -0.2) is 15.9 Å². The molecule has 0 aliphatic rings. The van der Waals surface area contributed by atoms with Crippen molar-refractivity contribution in [1.29, 1.82) is 0 Å². The van der Waals surface area contributed by atoms with Gasteiger partial charge in [-0.15, -0.1) is 22.9 Å². The van der Waals surface area contributed by atoms with Crippen LogP contribution in [0.25, 0.3) is 0 Å². The lowest BCUT2D eigenvalue weighted by atomic mass is 10.4. The van der Waals surface area contributed by atoms with E-state index in [4.69, 9.17) is 11.6 Å². The van der Waals surface area contributed by atoms with Gasteiger partial charge in [-0.3, -0.25) is 4.79 Å². The molecule has 1 N–H and O–H groups in total. The highest BCUT2D eigenvalue weighted by atomic mass is 79.9. The molecule has 0 radical (unpaired) electrons. The summed E-state index contributed by atoms with van der Waals surface area (Å²) in [4.78, 5) is 19.9. The second-order valence-corrected chi connectivity index (χ2v) is 6.68. The third kappa shape index (κ3) is 3.74. The molecule has 0 aliphatic heterocycles. The van der Waals surface area contributed by atoms with Crippen molar-refractivity contribution >= 4 is 61.2 Å². The number of nitrogens with zero attached hydrogens (tertiary/aromatic N) is 2. The van der Waals surface area contributed by atoms with Crippen LogP contribution in [0, 0.1) is 0 Å². The van der Waals surface area contributed by atoms with Gasteiger partial charge in [-0.2, -0.15) is 0 Å². The lowest BCUT2D eigenvalue weighted by Crippen LogP contribution is -2.14. The zero-order valence-electron chi connectivity index (χ0n) is 8.44. The molecule has 0 bridgehead atoms. The van der Waals surface area contributed by atoms with Crippen molar-refractivity contribution in [2.45, 2.75) is 12.3 Å². The van der Waals surface area contributed by atoms with Crippen LogP contribution >= 0.6 is 50.2 Å². The van der Waals surface area contributed by atoms with Gasteiger partial charge in [0.2, 0.25) is 5.91 Å². The van der Waals surface area contributed by atoms with Gasteiger partial charge in [0.15, 0.2) is 5.13 Å². The standard InChI is InChI=1S/C9H7BrClN3OS2/c10-6-3-12-9(17-6)14-7(15)1-8-13-5(2-11)4-16-8/h3-4H,1-2H2,(H,12,14,15). The maximum Gasteiger partial charge on any atom is 0.233 e. The van der Waals surface area contributed by atoms with Gasteiger partial charge in [0.1, 0.15) is 5.01 Å². The number of anilines is 1. The first-order valence-electron chi connectivity index (χ1n) is 4.58. The van der Waals surface area contributed by atoms with Crippen LogP contribution in [0.15, 0.2) is 15.4 Å². The van der Waals surface area contributed by atoms with Gasteiger partial charge >= 0.3 is 0 Å². The third-order valence-corrected chi connectivity index (χ3v) is 4.33. The van der Waals surface area contributed by atoms with Crippen molar-refractivity contribution in [3.8, 4) is 0 Å². The lowest BCUT2D eigenvalue weighted by Gasteiger charge is -1.98. The van der Waals surface area contributed by atoms with Crippen LogP contribution in [0.2, 0.25) is 0 Å². The molecule has 0 fully saturated rings. The topological polar surface area (TPSA) is 54.9 Å². The highest BCUT2D eigenvalue weighted by molar-refractivity contribution is 9.11. The Bertz CT molecular complexity index is 528. The Morgan fingerprint density at radius 1 is 1.59 bits per heavy atom. The maximum absolute atomic E-state index is 11.7. The number of hydrogen-bond acceptors (Lipinski definition) is 5. The number of thiazole rings is 2. The summed E-state index contributed by atoms with van der Waals surface area (Å²) < 4.78 is 0.881. The lowest BCUT2D eigenvalue weighted by molar-refractivity contribution is -0.115. The third-order valence-electron chi connectivity index (χ3n) is 1.77. The molecule has 2 rings (SSSR count). The zero-order valence-corrected chi connectivity index (χ0v) is 12.4. The molecule has 0 aromatic carbocycles. The minimum Gasteiger partial charge on any atom is -0.302 e. The summed E-state index contributed by atoms with van der Waals surface area (Å²) in [7, 11) is 0. The Morgan fingerprint density at radius 3 is 3.00 bits per heavy atom. The number of aromatic nitrogens is 2. The van der Waals surface area contributed by atoms with Crippen molar-refractivity contribution < 1.29 is 4.79 Å². The first kappa shape index (κ1) is 12.9. The molecule has 0 atom stereocenters. The molecule has 0 saturated carbocycles. The number of alkyl halides is 1. The number of hydrogen-bond donors (Lipinski definition) is 1.